The molecular formula is C10H22N2O. The van der Waals surface area contributed by atoms with Gasteiger partial charge in [-0.3, -0.25) is 4.90 Å². The molecular weight excluding hydrogens is 164 g/mol. The minimum Gasteiger partial charge on any atom is -0.380 e. The number of ether oxygens (including phenoxy) is 1. The van der Waals surface area contributed by atoms with E-state index in [1.165, 1.54) is 19.3 Å². The van der Waals surface area contributed by atoms with E-state index in [1.54, 1.807) is 0 Å². The number of hydrogen-bond acceptors (Lipinski definition) is 3. The van der Waals surface area contributed by atoms with Crippen LogP contribution >= 0.6 is 0 Å². The van der Waals surface area contributed by atoms with Gasteiger partial charge in [-0.15, -0.1) is 0 Å². The summed E-state index contributed by atoms with van der Waals surface area (Å²) in [5.74, 6) is 0. The Morgan fingerprint density at radius 1 is 1.46 bits per heavy atom. The lowest BCUT2D eigenvalue weighted by Gasteiger charge is -2.27. The molecule has 3 nitrogen and oxygen atoms in total. The molecule has 2 N–H and O–H groups in total. The highest BCUT2D eigenvalue weighted by atomic mass is 16.5. The molecule has 2 atom stereocenters. The zero-order valence-corrected chi connectivity index (χ0v) is 8.83. The van der Waals surface area contributed by atoms with E-state index >= 15 is 0 Å². The highest BCUT2D eigenvalue weighted by Gasteiger charge is 2.26. The Kier molecular flexibility index (Phi) is 4.70. The summed E-state index contributed by atoms with van der Waals surface area (Å²) < 4.78 is 5.32. The van der Waals surface area contributed by atoms with Gasteiger partial charge in [-0.05, 0) is 26.8 Å². The number of hydrogen-bond donors (Lipinski definition) is 1. The molecule has 2 unspecified atom stereocenters. The van der Waals surface area contributed by atoms with Crippen LogP contribution in [0.15, 0.2) is 0 Å². The van der Waals surface area contributed by atoms with Crippen molar-refractivity contribution in [3.8, 4) is 0 Å². The number of nitrogens with zero attached hydrogens (tertiary/aromatic N) is 1. The van der Waals surface area contributed by atoms with Crippen LogP contribution in [-0.2, 0) is 4.74 Å². The first-order valence-corrected chi connectivity index (χ1v) is 5.29. The van der Waals surface area contributed by atoms with Crippen molar-refractivity contribution < 1.29 is 4.74 Å². The van der Waals surface area contributed by atoms with Crippen molar-refractivity contribution in [2.45, 2.75) is 38.3 Å². The molecule has 1 aliphatic rings. The molecule has 0 saturated heterocycles. The fourth-order valence-electron chi connectivity index (χ4n) is 2.04. The summed E-state index contributed by atoms with van der Waals surface area (Å²) in [6.07, 6.45) is 3.72. The second-order valence-electron chi connectivity index (χ2n) is 3.84. The van der Waals surface area contributed by atoms with E-state index in [4.69, 9.17) is 10.5 Å². The third kappa shape index (κ3) is 3.25. The Labute approximate surface area is 81.2 Å². The van der Waals surface area contributed by atoms with Crippen molar-refractivity contribution in [1.29, 1.82) is 0 Å². The van der Waals surface area contributed by atoms with Crippen molar-refractivity contribution in [1.82, 2.24) is 4.90 Å². The van der Waals surface area contributed by atoms with Crippen LogP contribution < -0.4 is 5.73 Å². The standard InChI is InChI=1S/C10H22N2O/c1-3-13-8-7-12(2)10-6-4-5-9(10)11/h9-10H,3-8,11H2,1-2H3. The van der Waals surface area contributed by atoms with Crippen LogP contribution in [0.4, 0.5) is 0 Å². The average molecular weight is 186 g/mol. The Hall–Kier alpha value is -0.120. The maximum Gasteiger partial charge on any atom is 0.0593 e. The molecule has 3 heteroatoms. The predicted octanol–water partition coefficient (Wildman–Crippen LogP) is 0.835. The van der Waals surface area contributed by atoms with Crippen molar-refractivity contribution >= 4 is 0 Å². The van der Waals surface area contributed by atoms with Crippen LogP contribution in [-0.4, -0.2) is 43.8 Å². The number of likely N-dealkylation sites (N-methyl/N-ethyl adjacent to an activating group) is 1. The Morgan fingerprint density at radius 3 is 2.77 bits per heavy atom. The zero-order chi connectivity index (χ0) is 9.68. The molecule has 0 spiro atoms. The van der Waals surface area contributed by atoms with Crippen LogP contribution in [0.3, 0.4) is 0 Å². The van der Waals surface area contributed by atoms with Gasteiger partial charge in [-0.25, -0.2) is 0 Å². The zero-order valence-electron chi connectivity index (χ0n) is 8.83. The minimum atomic E-state index is 0.381. The van der Waals surface area contributed by atoms with Crippen LogP contribution in [0.1, 0.15) is 26.2 Å². The molecule has 0 aromatic heterocycles. The van der Waals surface area contributed by atoms with Gasteiger partial charge in [0.25, 0.3) is 0 Å². The quantitative estimate of drug-likeness (QED) is 0.646. The Balaban J connectivity index is 2.18. The SMILES string of the molecule is CCOCCN(C)C1CCCC1N. The molecule has 0 bridgehead atoms. The van der Waals surface area contributed by atoms with Crippen LogP contribution in [0.2, 0.25) is 0 Å². The van der Waals surface area contributed by atoms with Crippen LogP contribution in [0, 0.1) is 0 Å². The number of rotatable bonds is 5. The van der Waals surface area contributed by atoms with Gasteiger partial charge in [0.1, 0.15) is 0 Å². The van der Waals surface area contributed by atoms with Gasteiger partial charge in [0.15, 0.2) is 0 Å². The predicted molar refractivity (Wildman–Crippen MR) is 54.7 cm³/mol. The molecule has 0 aliphatic heterocycles. The Morgan fingerprint density at radius 2 is 2.23 bits per heavy atom. The van der Waals surface area contributed by atoms with E-state index in [-0.39, 0.29) is 0 Å². The summed E-state index contributed by atoms with van der Waals surface area (Å²) in [6, 6.07) is 0.965. The van der Waals surface area contributed by atoms with Gasteiger partial charge in [-0.1, -0.05) is 6.42 Å². The van der Waals surface area contributed by atoms with Crippen molar-refractivity contribution in [2.75, 3.05) is 26.8 Å². The van der Waals surface area contributed by atoms with Gasteiger partial charge in [0.05, 0.1) is 6.61 Å². The van der Waals surface area contributed by atoms with Gasteiger partial charge in [-0.2, -0.15) is 0 Å². The van der Waals surface area contributed by atoms with Crippen molar-refractivity contribution in [3.63, 3.8) is 0 Å². The maximum atomic E-state index is 6.00. The summed E-state index contributed by atoms with van der Waals surface area (Å²) in [7, 11) is 2.15. The molecule has 13 heavy (non-hydrogen) atoms. The third-order valence-electron chi connectivity index (χ3n) is 2.89. The normalized spacial score (nSPS) is 28.6. The third-order valence-corrected chi connectivity index (χ3v) is 2.89. The summed E-state index contributed by atoms with van der Waals surface area (Å²) in [6.45, 7) is 4.67. The summed E-state index contributed by atoms with van der Waals surface area (Å²) >= 11 is 0. The first-order chi connectivity index (χ1) is 6.25. The molecule has 0 radical (unpaired) electrons. The lowest BCUT2D eigenvalue weighted by atomic mass is 10.1. The first kappa shape index (κ1) is 11.0. The highest BCUT2D eigenvalue weighted by molar-refractivity contribution is 4.86. The molecule has 78 valence electrons. The van der Waals surface area contributed by atoms with Crippen LogP contribution in [0.25, 0.3) is 0 Å². The molecule has 1 fully saturated rings. The van der Waals surface area contributed by atoms with E-state index in [0.29, 0.717) is 12.1 Å². The maximum absolute atomic E-state index is 6.00. The highest BCUT2D eigenvalue weighted by Crippen LogP contribution is 2.21. The van der Waals surface area contributed by atoms with Gasteiger partial charge < -0.3 is 10.5 Å². The monoisotopic (exact) mass is 186 g/mol. The largest absolute Gasteiger partial charge is 0.380 e. The molecule has 0 aromatic carbocycles. The molecule has 0 amide bonds. The Bertz CT molecular complexity index is 141. The molecule has 0 aromatic rings. The van der Waals surface area contributed by atoms with E-state index in [1.807, 2.05) is 6.92 Å². The smallest absolute Gasteiger partial charge is 0.0593 e. The fourth-order valence-corrected chi connectivity index (χ4v) is 2.04. The van der Waals surface area contributed by atoms with Crippen molar-refractivity contribution in [3.05, 3.63) is 0 Å². The fraction of sp³-hybridized carbons (Fsp3) is 1.00. The first-order valence-electron chi connectivity index (χ1n) is 5.29. The summed E-state index contributed by atoms with van der Waals surface area (Å²) in [5.41, 5.74) is 6.00. The lowest BCUT2D eigenvalue weighted by Crippen LogP contribution is -2.43. The molecule has 1 aliphatic carbocycles. The molecule has 1 rings (SSSR count). The van der Waals surface area contributed by atoms with E-state index < -0.39 is 0 Å². The van der Waals surface area contributed by atoms with Crippen LogP contribution in [0.5, 0.6) is 0 Å². The van der Waals surface area contributed by atoms with Crippen molar-refractivity contribution in [2.24, 2.45) is 5.73 Å². The van der Waals surface area contributed by atoms with Gasteiger partial charge >= 0.3 is 0 Å². The van der Waals surface area contributed by atoms with Gasteiger partial charge in [0, 0.05) is 25.2 Å². The van der Waals surface area contributed by atoms with E-state index in [9.17, 15) is 0 Å². The second-order valence-corrected chi connectivity index (χ2v) is 3.84. The second kappa shape index (κ2) is 5.58. The minimum absolute atomic E-state index is 0.381. The van der Waals surface area contributed by atoms with E-state index in [0.717, 1.165) is 19.8 Å². The average Bonchev–Trinajstić information content (AvgIpc) is 2.52. The van der Waals surface area contributed by atoms with E-state index in [2.05, 4.69) is 11.9 Å². The topological polar surface area (TPSA) is 38.5 Å². The summed E-state index contributed by atoms with van der Waals surface area (Å²) in [4.78, 5) is 2.34. The molecule has 0 heterocycles. The molecule has 1 saturated carbocycles. The van der Waals surface area contributed by atoms with Gasteiger partial charge in [0.2, 0.25) is 0 Å². The lowest BCUT2D eigenvalue weighted by molar-refractivity contribution is 0.105. The number of nitrogens with two attached hydrogens (primary N) is 1. The summed E-state index contributed by atoms with van der Waals surface area (Å²) in [5, 5.41) is 0.